The molecule has 1 nitrogen and oxygen atoms in total. The fourth-order valence-corrected chi connectivity index (χ4v) is 2.24. The van der Waals surface area contributed by atoms with Crippen LogP contribution in [0.4, 0.5) is 0 Å². The van der Waals surface area contributed by atoms with Crippen LogP contribution < -0.4 is 5.32 Å². The van der Waals surface area contributed by atoms with Gasteiger partial charge in [0.1, 0.15) is 0 Å². The maximum Gasteiger partial charge on any atom is 0.00669 e. The zero-order valence-corrected chi connectivity index (χ0v) is 8.98. The lowest BCUT2D eigenvalue weighted by atomic mass is 9.71. The predicted octanol–water partition coefficient (Wildman–Crippen LogP) is 2.81. The normalized spacial score (nSPS) is 32.0. The molecule has 0 aromatic heterocycles. The third-order valence-corrected chi connectivity index (χ3v) is 3.31. The molecule has 1 heteroatoms. The molecule has 0 heterocycles. The van der Waals surface area contributed by atoms with Crippen LogP contribution in [0.5, 0.6) is 0 Å². The van der Waals surface area contributed by atoms with Gasteiger partial charge in [0.15, 0.2) is 0 Å². The molecule has 1 unspecified atom stereocenters. The van der Waals surface area contributed by atoms with Crippen molar-refractivity contribution >= 4 is 0 Å². The van der Waals surface area contributed by atoms with Crippen LogP contribution in [0.25, 0.3) is 0 Å². The molecule has 0 saturated heterocycles. The fourth-order valence-electron chi connectivity index (χ4n) is 2.24. The molecule has 0 aromatic rings. The van der Waals surface area contributed by atoms with Gasteiger partial charge in [0.2, 0.25) is 0 Å². The molecule has 0 aromatic carbocycles. The lowest BCUT2D eigenvalue weighted by molar-refractivity contribution is 0.157. The smallest absolute Gasteiger partial charge is 0.00669 e. The quantitative estimate of drug-likeness (QED) is 0.636. The molecule has 0 aliphatic heterocycles. The molecule has 12 heavy (non-hydrogen) atoms. The molecule has 1 fully saturated rings. The zero-order chi connectivity index (χ0) is 9.19. The standard InChI is InChI=1S/C11H23N/c1-11(2,3)9-6-5-7-10(8-9)12-4/h9-10,12H,5-8H2,1-4H3/t9?,10-/m0/s1. The molecule has 1 saturated carbocycles. The molecule has 0 amide bonds. The Morgan fingerprint density at radius 2 is 1.83 bits per heavy atom. The van der Waals surface area contributed by atoms with Crippen LogP contribution >= 0.6 is 0 Å². The second-order valence-electron chi connectivity index (χ2n) is 5.22. The van der Waals surface area contributed by atoms with E-state index in [1.807, 2.05) is 0 Å². The van der Waals surface area contributed by atoms with Crippen molar-refractivity contribution in [3.63, 3.8) is 0 Å². The topological polar surface area (TPSA) is 12.0 Å². The number of nitrogens with one attached hydrogen (secondary N) is 1. The first-order chi connectivity index (χ1) is 5.54. The first-order valence-electron chi connectivity index (χ1n) is 5.21. The Morgan fingerprint density at radius 3 is 2.33 bits per heavy atom. The van der Waals surface area contributed by atoms with E-state index in [1.165, 1.54) is 25.7 Å². The van der Waals surface area contributed by atoms with E-state index >= 15 is 0 Å². The highest BCUT2D eigenvalue weighted by molar-refractivity contribution is 4.83. The summed E-state index contributed by atoms with van der Waals surface area (Å²) < 4.78 is 0. The molecule has 2 atom stereocenters. The Hall–Kier alpha value is -0.0400. The molecular weight excluding hydrogens is 146 g/mol. The maximum absolute atomic E-state index is 3.41. The molecule has 72 valence electrons. The fraction of sp³-hybridized carbons (Fsp3) is 1.00. The summed E-state index contributed by atoms with van der Waals surface area (Å²) in [5.74, 6) is 0.920. The second kappa shape index (κ2) is 3.78. The molecule has 0 bridgehead atoms. The average Bonchev–Trinajstić information content (AvgIpc) is 2.03. The Kier molecular flexibility index (Phi) is 3.16. The molecular formula is C11H23N. The van der Waals surface area contributed by atoms with Crippen LogP contribution in [0, 0.1) is 11.3 Å². The van der Waals surface area contributed by atoms with E-state index in [0.717, 1.165) is 12.0 Å². The minimum absolute atomic E-state index is 0.509. The van der Waals surface area contributed by atoms with E-state index in [2.05, 4.69) is 33.1 Å². The Labute approximate surface area is 76.9 Å². The number of hydrogen-bond acceptors (Lipinski definition) is 1. The van der Waals surface area contributed by atoms with Crippen molar-refractivity contribution in [2.45, 2.75) is 52.5 Å². The van der Waals surface area contributed by atoms with Crippen molar-refractivity contribution in [2.75, 3.05) is 7.05 Å². The highest BCUT2D eigenvalue weighted by Crippen LogP contribution is 2.37. The van der Waals surface area contributed by atoms with E-state index in [-0.39, 0.29) is 0 Å². The third kappa shape index (κ3) is 2.48. The van der Waals surface area contributed by atoms with Crippen molar-refractivity contribution in [1.82, 2.24) is 5.32 Å². The van der Waals surface area contributed by atoms with Gasteiger partial charge < -0.3 is 5.32 Å². The van der Waals surface area contributed by atoms with E-state index < -0.39 is 0 Å². The van der Waals surface area contributed by atoms with Crippen molar-refractivity contribution in [3.05, 3.63) is 0 Å². The SMILES string of the molecule is CN[C@H]1CCCC(C(C)(C)C)C1. The van der Waals surface area contributed by atoms with Crippen molar-refractivity contribution < 1.29 is 0 Å². The van der Waals surface area contributed by atoms with E-state index in [4.69, 9.17) is 0 Å². The van der Waals surface area contributed by atoms with Gasteiger partial charge in [-0.1, -0.05) is 27.2 Å². The summed E-state index contributed by atoms with van der Waals surface area (Å²) >= 11 is 0. The number of hydrogen-bond donors (Lipinski definition) is 1. The van der Waals surface area contributed by atoms with Gasteiger partial charge in [0.25, 0.3) is 0 Å². The van der Waals surface area contributed by atoms with Gasteiger partial charge in [-0.15, -0.1) is 0 Å². The van der Waals surface area contributed by atoms with E-state index in [9.17, 15) is 0 Å². The summed E-state index contributed by atoms with van der Waals surface area (Å²) in [6.45, 7) is 7.11. The first-order valence-corrected chi connectivity index (χ1v) is 5.21. The van der Waals surface area contributed by atoms with Crippen LogP contribution in [-0.4, -0.2) is 13.1 Å². The highest BCUT2D eigenvalue weighted by Gasteiger charge is 2.29. The van der Waals surface area contributed by atoms with Gasteiger partial charge in [-0.05, 0) is 37.6 Å². The Balaban J connectivity index is 2.46. The predicted molar refractivity (Wildman–Crippen MR) is 54.3 cm³/mol. The van der Waals surface area contributed by atoms with E-state index in [1.54, 1.807) is 0 Å². The van der Waals surface area contributed by atoms with Crippen LogP contribution in [0.2, 0.25) is 0 Å². The molecule has 1 aliphatic rings. The zero-order valence-electron chi connectivity index (χ0n) is 8.98. The highest BCUT2D eigenvalue weighted by atomic mass is 14.9. The lowest BCUT2D eigenvalue weighted by Crippen LogP contribution is -2.35. The van der Waals surface area contributed by atoms with Gasteiger partial charge in [0.05, 0.1) is 0 Å². The van der Waals surface area contributed by atoms with Crippen LogP contribution in [0.3, 0.4) is 0 Å². The Morgan fingerprint density at radius 1 is 1.17 bits per heavy atom. The monoisotopic (exact) mass is 169 g/mol. The average molecular weight is 169 g/mol. The summed E-state index contributed by atoms with van der Waals surface area (Å²) in [4.78, 5) is 0. The minimum atomic E-state index is 0.509. The van der Waals surface area contributed by atoms with Gasteiger partial charge >= 0.3 is 0 Å². The molecule has 1 N–H and O–H groups in total. The Bertz CT molecular complexity index is 134. The summed E-state index contributed by atoms with van der Waals surface area (Å²) in [6, 6.07) is 0.781. The molecule has 0 radical (unpaired) electrons. The van der Waals surface area contributed by atoms with Crippen molar-refractivity contribution in [2.24, 2.45) is 11.3 Å². The summed E-state index contributed by atoms with van der Waals surface area (Å²) in [6.07, 6.45) is 5.60. The van der Waals surface area contributed by atoms with Crippen molar-refractivity contribution in [1.29, 1.82) is 0 Å². The van der Waals surface area contributed by atoms with E-state index in [0.29, 0.717) is 5.41 Å². The second-order valence-corrected chi connectivity index (χ2v) is 5.22. The minimum Gasteiger partial charge on any atom is -0.317 e. The molecule has 1 aliphatic carbocycles. The summed E-state index contributed by atoms with van der Waals surface area (Å²) in [5, 5.41) is 3.41. The van der Waals surface area contributed by atoms with Gasteiger partial charge in [0, 0.05) is 6.04 Å². The van der Waals surface area contributed by atoms with Crippen LogP contribution in [0.1, 0.15) is 46.5 Å². The van der Waals surface area contributed by atoms with Crippen LogP contribution in [0.15, 0.2) is 0 Å². The lowest BCUT2D eigenvalue weighted by Gasteiger charge is -2.37. The van der Waals surface area contributed by atoms with Gasteiger partial charge in [-0.2, -0.15) is 0 Å². The summed E-state index contributed by atoms with van der Waals surface area (Å²) in [5.41, 5.74) is 0.509. The largest absolute Gasteiger partial charge is 0.317 e. The number of rotatable bonds is 1. The molecule has 1 rings (SSSR count). The maximum atomic E-state index is 3.41. The third-order valence-electron chi connectivity index (χ3n) is 3.31. The van der Waals surface area contributed by atoms with Gasteiger partial charge in [-0.3, -0.25) is 0 Å². The molecule has 0 spiro atoms. The van der Waals surface area contributed by atoms with Crippen molar-refractivity contribution in [3.8, 4) is 0 Å². The summed E-state index contributed by atoms with van der Waals surface area (Å²) in [7, 11) is 2.09. The first kappa shape index (κ1) is 10.0. The van der Waals surface area contributed by atoms with Crippen LogP contribution in [-0.2, 0) is 0 Å². The van der Waals surface area contributed by atoms with Gasteiger partial charge in [-0.25, -0.2) is 0 Å².